The maximum Gasteiger partial charge on any atom is 0.307 e. The van der Waals surface area contributed by atoms with Crippen LogP contribution in [0.25, 0.3) is 0 Å². The summed E-state index contributed by atoms with van der Waals surface area (Å²) in [7, 11) is 0. The Morgan fingerprint density at radius 3 is 2.47 bits per heavy atom. The highest BCUT2D eigenvalue weighted by molar-refractivity contribution is 5.71. The largest absolute Gasteiger partial charge is 0.481 e. The molecule has 1 heterocycles. The predicted molar refractivity (Wildman–Crippen MR) is 65.8 cm³/mol. The summed E-state index contributed by atoms with van der Waals surface area (Å²) in [6.07, 6.45) is 5.33. The molecule has 2 rings (SSSR count). The molecule has 17 heavy (non-hydrogen) atoms. The van der Waals surface area contributed by atoms with Crippen molar-refractivity contribution < 1.29 is 14.6 Å². The van der Waals surface area contributed by atoms with Crippen LogP contribution in [0.4, 0.5) is 0 Å². The van der Waals surface area contributed by atoms with Crippen LogP contribution in [0.2, 0.25) is 0 Å². The van der Waals surface area contributed by atoms with Crippen LogP contribution in [0.3, 0.4) is 0 Å². The highest BCUT2D eigenvalue weighted by Crippen LogP contribution is 2.48. The Kier molecular flexibility index (Phi) is 3.23. The van der Waals surface area contributed by atoms with E-state index in [2.05, 4.69) is 0 Å². The van der Waals surface area contributed by atoms with Gasteiger partial charge in [-0.2, -0.15) is 0 Å². The molecule has 0 aromatic heterocycles. The van der Waals surface area contributed by atoms with E-state index in [1.807, 2.05) is 20.8 Å². The van der Waals surface area contributed by atoms with Gasteiger partial charge in [0.1, 0.15) is 0 Å². The van der Waals surface area contributed by atoms with Crippen LogP contribution in [0, 0.1) is 17.3 Å². The summed E-state index contributed by atoms with van der Waals surface area (Å²) in [6.45, 7) is 6.85. The fourth-order valence-corrected chi connectivity index (χ4v) is 3.55. The van der Waals surface area contributed by atoms with Gasteiger partial charge < -0.3 is 9.84 Å². The Morgan fingerprint density at radius 2 is 2.06 bits per heavy atom. The molecule has 1 aliphatic carbocycles. The fourth-order valence-electron chi connectivity index (χ4n) is 3.55. The Balaban J connectivity index is 2.11. The van der Waals surface area contributed by atoms with Crippen molar-refractivity contribution in [1.82, 2.24) is 0 Å². The van der Waals surface area contributed by atoms with Gasteiger partial charge in [0, 0.05) is 6.61 Å². The standard InChI is InChI=1S/C14H24O3/c1-13(2,3)11(12(15)16)10-5-8-17-14(9-10)6-4-7-14/h10-11H,4-9H2,1-3H3,(H,15,16). The first-order valence-electron chi connectivity index (χ1n) is 6.71. The van der Waals surface area contributed by atoms with Gasteiger partial charge in [0.25, 0.3) is 0 Å². The van der Waals surface area contributed by atoms with Crippen molar-refractivity contribution >= 4 is 5.97 Å². The predicted octanol–water partition coefficient (Wildman–Crippen LogP) is 3.08. The van der Waals surface area contributed by atoms with Gasteiger partial charge in [-0.05, 0) is 43.4 Å². The van der Waals surface area contributed by atoms with Gasteiger partial charge in [-0.15, -0.1) is 0 Å². The molecular weight excluding hydrogens is 216 g/mol. The van der Waals surface area contributed by atoms with Crippen LogP contribution in [0.1, 0.15) is 52.9 Å². The van der Waals surface area contributed by atoms with Gasteiger partial charge in [0.15, 0.2) is 0 Å². The van der Waals surface area contributed by atoms with E-state index in [-0.39, 0.29) is 22.9 Å². The third kappa shape index (κ3) is 2.49. The lowest BCUT2D eigenvalue weighted by atomic mass is 9.64. The molecule has 1 spiro atoms. The molecule has 0 bridgehead atoms. The van der Waals surface area contributed by atoms with E-state index in [0.29, 0.717) is 0 Å². The summed E-state index contributed by atoms with van der Waals surface area (Å²) in [4.78, 5) is 11.5. The molecule has 0 aromatic carbocycles. The number of rotatable bonds is 2. The van der Waals surface area contributed by atoms with Crippen LogP contribution < -0.4 is 0 Å². The lowest BCUT2D eigenvalue weighted by Crippen LogP contribution is -2.49. The summed E-state index contributed by atoms with van der Waals surface area (Å²) < 4.78 is 5.88. The molecule has 1 aliphatic heterocycles. The SMILES string of the molecule is CC(C)(C)C(C(=O)O)C1CCOC2(CCC2)C1. The third-order valence-corrected chi connectivity index (χ3v) is 4.47. The molecule has 2 aliphatic rings. The number of carboxylic acids is 1. The summed E-state index contributed by atoms with van der Waals surface area (Å²) in [5.74, 6) is -0.607. The molecule has 0 aromatic rings. The van der Waals surface area contributed by atoms with Crippen molar-refractivity contribution in [1.29, 1.82) is 0 Å². The molecule has 3 heteroatoms. The number of hydrogen-bond acceptors (Lipinski definition) is 2. The van der Waals surface area contributed by atoms with Crippen molar-refractivity contribution in [2.45, 2.75) is 58.5 Å². The van der Waals surface area contributed by atoms with Crippen LogP contribution >= 0.6 is 0 Å². The van der Waals surface area contributed by atoms with Crippen molar-refractivity contribution in [3.8, 4) is 0 Å². The van der Waals surface area contributed by atoms with E-state index < -0.39 is 5.97 Å². The molecule has 2 fully saturated rings. The molecule has 0 radical (unpaired) electrons. The zero-order chi connectivity index (χ0) is 12.7. The highest BCUT2D eigenvalue weighted by Gasteiger charge is 2.48. The van der Waals surface area contributed by atoms with E-state index in [1.165, 1.54) is 6.42 Å². The van der Waals surface area contributed by atoms with Crippen molar-refractivity contribution in [2.24, 2.45) is 17.3 Å². The average molecular weight is 240 g/mol. The Morgan fingerprint density at radius 1 is 1.41 bits per heavy atom. The van der Waals surface area contributed by atoms with Crippen LogP contribution in [0.15, 0.2) is 0 Å². The maximum absolute atomic E-state index is 11.5. The minimum atomic E-state index is -0.640. The molecular formula is C14H24O3. The summed E-state index contributed by atoms with van der Waals surface area (Å²) >= 11 is 0. The Labute approximate surface area is 104 Å². The third-order valence-electron chi connectivity index (χ3n) is 4.47. The number of hydrogen-bond donors (Lipinski definition) is 1. The van der Waals surface area contributed by atoms with E-state index in [9.17, 15) is 9.90 Å². The summed E-state index contributed by atoms with van der Waals surface area (Å²) in [5, 5.41) is 9.48. The number of aliphatic carboxylic acids is 1. The van der Waals surface area contributed by atoms with Crippen molar-refractivity contribution in [3.63, 3.8) is 0 Å². The second-order valence-electron chi connectivity index (χ2n) is 6.82. The topological polar surface area (TPSA) is 46.5 Å². The lowest BCUT2D eigenvalue weighted by Gasteiger charge is -2.49. The quantitative estimate of drug-likeness (QED) is 0.806. The van der Waals surface area contributed by atoms with E-state index in [4.69, 9.17) is 4.74 Å². The second-order valence-corrected chi connectivity index (χ2v) is 6.82. The maximum atomic E-state index is 11.5. The minimum absolute atomic E-state index is 0.0435. The zero-order valence-corrected chi connectivity index (χ0v) is 11.2. The van der Waals surface area contributed by atoms with E-state index >= 15 is 0 Å². The first-order valence-corrected chi connectivity index (χ1v) is 6.71. The van der Waals surface area contributed by atoms with Crippen LogP contribution in [-0.4, -0.2) is 23.3 Å². The molecule has 1 saturated heterocycles. The molecule has 3 nitrogen and oxygen atoms in total. The van der Waals surface area contributed by atoms with Gasteiger partial charge in [0.05, 0.1) is 11.5 Å². The fraction of sp³-hybridized carbons (Fsp3) is 0.929. The molecule has 1 saturated carbocycles. The molecule has 0 amide bonds. The normalized spacial score (nSPS) is 29.7. The minimum Gasteiger partial charge on any atom is -0.481 e. The molecule has 2 atom stereocenters. The second kappa shape index (κ2) is 4.27. The highest BCUT2D eigenvalue weighted by atomic mass is 16.5. The van der Waals surface area contributed by atoms with Crippen LogP contribution in [0.5, 0.6) is 0 Å². The Bertz CT molecular complexity index is 299. The number of carbonyl (C=O) groups is 1. The first kappa shape index (κ1) is 12.9. The first-order chi connectivity index (χ1) is 7.84. The average Bonchev–Trinajstić information content (AvgIpc) is 2.12. The molecule has 2 unspecified atom stereocenters. The van der Waals surface area contributed by atoms with E-state index in [1.54, 1.807) is 0 Å². The number of ether oxygens (including phenoxy) is 1. The molecule has 1 N–H and O–H groups in total. The number of carboxylic acid groups (broad SMARTS) is 1. The van der Waals surface area contributed by atoms with E-state index in [0.717, 1.165) is 32.3 Å². The lowest BCUT2D eigenvalue weighted by molar-refractivity contribution is -0.169. The monoisotopic (exact) mass is 240 g/mol. The summed E-state index contributed by atoms with van der Waals surface area (Å²) in [5.41, 5.74) is -0.124. The van der Waals surface area contributed by atoms with Gasteiger partial charge >= 0.3 is 5.97 Å². The Hall–Kier alpha value is -0.570. The van der Waals surface area contributed by atoms with Gasteiger partial charge in [-0.3, -0.25) is 4.79 Å². The zero-order valence-electron chi connectivity index (χ0n) is 11.2. The smallest absolute Gasteiger partial charge is 0.307 e. The summed E-state index contributed by atoms with van der Waals surface area (Å²) in [6, 6.07) is 0. The van der Waals surface area contributed by atoms with Gasteiger partial charge in [-0.1, -0.05) is 20.8 Å². The van der Waals surface area contributed by atoms with Crippen molar-refractivity contribution in [3.05, 3.63) is 0 Å². The van der Waals surface area contributed by atoms with Crippen LogP contribution in [-0.2, 0) is 9.53 Å². The van der Waals surface area contributed by atoms with Gasteiger partial charge in [0.2, 0.25) is 0 Å². The van der Waals surface area contributed by atoms with Crippen molar-refractivity contribution in [2.75, 3.05) is 6.61 Å². The molecule has 98 valence electrons. The van der Waals surface area contributed by atoms with Gasteiger partial charge in [-0.25, -0.2) is 0 Å².